The number of aliphatic hydroxyl groups is 1. The average molecular weight is 214 g/mol. The van der Waals surface area contributed by atoms with E-state index >= 15 is 0 Å². The molecule has 1 N–H and O–H groups in total. The lowest BCUT2D eigenvalue weighted by molar-refractivity contribution is -0.151. The number of methoxy groups -OCH3 is 1. The fourth-order valence-electron chi connectivity index (χ4n) is 2.60. The number of carbonyl (C=O) groups is 1. The van der Waals surface area contributed by atoms with Gasteiger partial charge in [0.25, 0.3) is 0 Å². The first-order chi connectivity index (χ1) is 6.94. The van der Waals surface area contributed by atoms with E-state index < -0.39 is 12.1 Å². The van der Waals surface area contributed by atoms with Gasteiger partial charge in [0.2, 0.25) is 0 Å². The highest BCUT2D eigenvalue weighted by atomic mass is 16.5. The predicted octanol–water partition coefficient (Wildman–Crippen LogP) is 2.13. The molecule has 0 amide bonds. The standard InChI is InChI=1S/C12H22O3/c1-12(2)6-4-5-9(8-12)7-10(13)11(14)15-3/h9-10,13H,4-8H2,1-3H3. The minimum Gasteiger partial charge on any atom is -0.467 e. The Morgan fingerprint density at radius 1 is 1.60 bits per heavy atom. The van der Waals surface area contributed by atoms with E-state index in [0.29, 0.717) is 17.8 Å². The molecular formula is C12H22O3. The van der Waals surface area contributed by atoms with E-state index in [9.17, 15) is 9.90 Å². The Hall–Kier alpha value is -0.570. The Morgan fingerprint density at radius 3 is 2.80 bits per heavy atom. The molecule has 0 bridgehead atoms. The van der Waals surface area contributed by atoms with E-state index in [2.05, 4.69) is 18.6 Å². The van der Waals surface area contributed by atoms with E-state index in [-0.39, 0.29) is 0 Å². The number of aliphatic hydroxyl groups excluding tert-OH is 1. The maximum absolute atomic E-state index is 11.1. The molecule has 0 spiro atoms. The molecule has 0 heterocycles. The number of ether oxygens (including phenoxy) is 1. The second-order valence-electron chi connectivity index (χ2n) is 5.40. The summed E-state index contributed by atoms with van der Waals surface area (Å²) in [4.78, 5) is 11.1. The molecule has 0 aliphatic heterocycles. The molecule has 2 unspecified atom stereocenters. The maximum atomic E-state index is 11.1. The van der Waals surface area contributed by atoms with Crippen molar-refractivity contribution in [2.45, 2.75) is 52.1 Å². The van der Waals surface area contributed by atoms with Gasteiger partial charge in [0.1, 0.15) is 0 Å². The zero-order valence-corrected chi connectivity index (χ0v) is 9.95. The second-order valence-corrected chi connectivity index (χ2v) is 5.40. The third kappa shape index (κ3) is 3.82. The van der Waals surface area contributed by atoms with E-state index in [1.807, 2.05) is 0 Å². The Bertz CT molecular complexity index is 223. The Morgan fingerprint density at radius 2 is 2.27 bits per heavy atom. The molecular weight excluding hydrogens is 192 g/mol. The fourth-order valence-corrected chi connectivity index (χ4v) is 2.60. The Labute approximate surface area is 91.8 Å². The number of esters is 1. The van der Waals surface area contributed by atoms with Crippen LogP contribution in [0.5, 0.6) is 0 Å². The van der Waals surface area contributed by atoms with Gasteiger partial charge in [0.15, 0.2) is 6.10 Å². The molecule has 3 nitrogen and oxygen atoms in total. The van der Waals surface area contributed by atoms with E-state index in [1.165, 1.54) is 20.0 Å². The molecule has 15 heavy (non-hydrogen) atoms. The quantitative estimate of drug-likeness (QED) is 0.732. The van der Waals surface area contributed by atoms with Crippen LogP contribution in [0.4, 0.5) is 0 Å². The smallest absolute Gasteiger partial charge is 0.334 e. The molecule has 0 radical (unpaired) electrons. The summed E-state index contributed by atoms with van der Waals surface area (Å²) in [5.74, 6) is -0.0405. The van der Waals surface area contributed by atoms with Crippen molar-refractivity contribution in [1.29, 1.82) is 0 Å². The van der Waals surface area contributed by atoms with Crippen LogP contribution >= 0.6 is 0 Å². The molecule has 1 aliphatic rings. The topological polar surface area (TPSA) is 46.5 Å². The Kier molecular flexibility index (Phi) is 4.14. The monoisotopic (exact) mass is 214 g/mol. The maximum Gasteiger partial charge on any atom is 0.334 e. The molecule has 1 fully saturated rings. The van der Waals surface area contributed by atoms with Gasteiger partial charge >= 0.3 is 5.97 Å². The van der Waals surface area contributed by atoms with E-state index in [4.69, 9.17) is 0 Å². The molecule has 1 rings (SSSR count). The van der Waals surface area contributed by atoms with Crippen LogP contribution in [0, 0.1) is 11.3 Å². The van der Waals surface area contributed by atoms with Crippen LogP contribution in [-0.2, 0) is 9.53 Å². The molecule has 2 atom stereocenters. The summed E-state index contributed by atoms with van der Waals surface area (Å²) < 4.78 is 4.52. The molecule has 0 aromatic heterocycles. The Balaban J connectivity index is 2.41. The van der Waals surface area contributed by atoms with Gasteiger partial charge in [-0.15, -0.1) is 0 Å². The molecule has 0 aromatic rings. The van der Waals surface area contributed by atoms with Crippen molar-refractivity contribution >= 4 is 5.97 Å². The third-order valence-corrected chi connectivity index (χ3v) is 3.34. The molecule has 88 valence electrons. The van der Waals surface area contributed by atoms with Crippen LogP contribution in [0.25, 0.3) is 0 Å². The normalized spacial score (nSPS) is 27.1. The van der Waals surface area contributed by atoms with Gasteiger partial charge in [-0.25, -0.2) is 4.79 Å². The van der Waals surface area contributed by atoms with Gasteiger partial charge in [0, 0.05) is 0 Å². The van der Waals surface area contributed by atoms with Gasteiger partial charge in [-0.2, -0.15) is 0 Å². The molecule has 1 saturated carbocycles. The summed E-state index contributed by atoms with van der Waals surface area (Å²) in [6.07, 6.45) is 4.28. The minimum atomic E-state index is -0.936. The zero-order chi connectivity index (χ0) is 11.5. The summed E-state index contributed by atoms with van der Waals surface area (Å²) in [5.41, 5.74) is 0.360. The minimum absolute atomic E-state index is 0.360. The highest BCUT2D eigenvalue weighted by molar-refractivity contribution is 5.74. The highest BCUT2D eigenvalue weighted by Crippen LogP contribution is 2.40. The van der Waals surface area contributed by atoms with E-state index in [0.717, 1.165) is 12.8 Å². The van der Waals surface area contributed by atoms with Gasteiger partial charge < -0.3 is 9.84 Å². The van der Waals surface area contributed by atoms with Crippen LogP contribution in [0.15, 0.2) is 0 Å². The first-order valence-corrected chi connectivity index (χ1v) is 5.70. The van der Waals surface area contributed by atoms with Crippen LogP contribution in [0.3, 0.4) is 0 Å². The number of hydrogen-bond acceptors (Lipinski definition) is 3. The SMILES string of the molecule is COC(=O)C(O)CC1CCCC(C)(C)C1. The van der Waals surface area contributed by atoms with Crippen molar-refractivity contribution in [3.8, 4) is 0 Å². The van der Waals surface area contributed by atoms with Gasteiger partial charge in [-0.05, 0) is 30.6 Å². The summed E-state index contributed by atoms with van der Waals surface area (Å²) >= 11 is 0. The van der Waals surface area contributed by atoms with Gasteiger partial charge in [-0.3, -0.25) is 0 Å². The van der Waals surface area contributed by atoms with Crippen molar-refractivity contribution in [1.82, 2.24) is 0 Å². The molecule has 0 saturated heterocycles. The van der Waals surface area contributed by atoms with Crippen molar-refractivity contribution in [3.63, 3.8) is 0 Å². The largest absolute Gasteiger partial charge is 0.467 e. The highest BCUT2D eigenvalue weighted by Gasteiger charge is 2.30. The van der Waals surface area contributed by atoms with Crippen LogP contribution in [-0.4, -0.2) is 24.3 Å². The molecule has 1 aliphatic carbocycles. The van der Waals surface area contributed by atoms with Crippen LogP contribution in [0.2, 0.25) is 0 Å². The number of hydrogen-bond donors (Lipinski definition) is 1. The fraction of sp³-hybridized carbons (Fsp3) is 0.917. The lowest BCUT2D eigenvalue weighted by Gasteiger charge is -2.35. The predicted molar refractivity (Wildman–Crippen MR) is 58.4 cm³/mol. The van der Waals surface area contributed by atoms with Crippen molar-refractivity contribution in [2.24, 2.45) is 11.3 Å². The van der Waals surface area contributed by atoms with Crippen molar-refractivity contribution in [2.75, 3.05) is 7.11 Å². The second kappa shape index (κ2) is 4.97. The first kappa shape index (κ1) is 12.5. The summed E-state index contributed by atoms with van der Waals surface area (Å²) in [5, 5.41) is 9.57. The van der Waals surface area contributed by atoms with Crippen molar-refractivity contribution in [3.05, 3.63) is 0 Å². The van der Waals surface area contributed by atoms with E-state index in [1.54, 1.807) is 0 Å². The summed E-state index contributed by atoms with van der Waals surface area (Å²) in [6.45, 7) is 4.51. The van der Waals surface area contributed by atoms with Gasteiger partial charge in [0.05, 0.1) is 7.11 Å². The number of carbonyl (C=O) groups excluding carboxylic acids is 1. The van der Waals surface area contributed by atoms with Crippen LogP contribution in [0.1, 0.15) is 46.0 Å². The summed E-state index contributed by atoms with van der Waals surface area (Å²) in [6, 6.07) is 0. The third-order valence-electron chi connectivity index (χ3n) is 3.34. The number of rotatable bonds is 3. The average Bonchev–Trinajstić information content (AvgIpc) is 2.14. The van der Waals surface area contributed by atoms with Crippen molar-refractivity contribution < 1.29 is 14.6 Å². The first-order valence-electron chi connectivity index (χ1n) is 5.70. The zero-order valence-electron chi connectivity index (χ0n) is 9.95. The van der Waals surface area contributed by atoms with Gasteiger partial charge in [-0.1, -0.05) is 26.7 Å². The lowest BCUT2D eigenvalue weighted by Crippen LogP contribution is -2.29. The van der Waals surface area contributed by atoms with Crippen LogP contribution < -0.4 is 0 Å². The molecule has 0 aromatic carbocycles. The summed E-state index contributed by atoms with van der Waals surface area (Å²) in [7, 11) is 1.32. The molecule has 3 heteroatoms. The lowest BCUT2D eigenvalue weighted by atomic mass is 9.71.